The highest BCUT2D eigenvalue weighted by molar-refractivity contribution is 7.85. The Morgan fingerprint density at radius 1 is 0.878 bits per heavy atom. The predicted octanol–water partition coefficient (Wildman–Crippen LogP) is 5.46. The van der Waals surface area contributed by atoms with Crippen molar-refractivity contribution in [1.29, 1.82) is 0 Å². The third kappa shape index (κ3) is 8.83. The van der Waals surface area contributed by atoms with E-state index in [0.29, 0.717) is 43.5 Å². The fourth-order valence-electron chi connectivity index (χ4n) is 5.67. The van der Waals surface area contributed by atoms with Crippen LogP contribution in [0.4, 0.5) is 8.78 Å². The number of rotatable bonds is 11. The van der Waals surface area contributed by atoms with E-state index in [1.807, 2.05) is 30.3 Å². The van der Waals surface area contributed by atoms with Crippen molar-refractivity contribution < 1.29 is 35.7 Å². The second-order valence-electron chi connectivity index (χ2n) is 11.8. The quantitative estimate of drug-likeness (QED) is 0.174. The zero-order valence-corrected chi connectivity index (χ0v) is 27.3. The standard InChI is InChI=1S/C35H33F2N5O6S/c1-49(45,46)47-16-15-22-5-7-23(8-6-22)24-3-2-4-29(17-24)48-35-30(18-26(37)19-38-35)33(43)39-27-10-12-28(13-11-27)40-34(44)31-21-42-20-25(36)9-14-32(42)41-31/h2-9,14,17-21,27-28H,10-13,15-16H2,1H3,(H,39,43)(H,40,44)/t27-,28-. The third-order valence-corrected chi connectivity index (χ3v) is 8.73. The van der Waals surface area contributed by atoms with Gasteiger partial charge < -0.3 is 19.8 Å². The minimum atomic E-state index is -3.50. The molecule has 14 heteroatoms. The van der Waals surface area contributed by atoms with E-state index in [9.17, 15) is 26.8 Å². The Morgan fingerprint density at radius 2 is 1.59 bits per heavy atom. The van der Waals surface area contributed by atoms with Gasteiger partial charge in [0.15, 0.2) is 0 Å². The molecule has 11 nitrogen and oxygen atoms in total. The first-order valence-electron chi connectivity index (χ1n) is 15.6. The van der Waals surface area contributed by atoms with Gasteiger partial charge in [0.1, 0.15) is 34.3 Å². The Morgan fingerprint density at radius 3 is 2.31 bits per heavy atom. The Hall–Kier alpha value is -5.21. The number of aromatic nitrogens is 3. The van der Waals surface area contributed by atoms with Crippen molar-refractivity contribution >= 4 is 27.6 Å². The summed E-state index contributed by atoms with van der Waals surface area (Å²) in [6, 6.07) is 18.2. The van der Waals surface area contributed by atoms with Crippen molar-refractivity contribution in [2.24, 2.45) is 0 Å². The Kier molecular flexibility index (Phi) is 9.97. The van der Waals surface area contributed by atoms with Crippen molar-refractivity contribution in [3.8, 4) is 22.8 Å². The molecule has 3 aromatic heterocycles. The van der Waals surface area contributed by atoms with Gasteiger partial charge in [0.05, 0.1) is 19.1 Å². The van der Waals surface area contributed by atoms with Crippen molar-refractivity contribution in [2.75, 3.05) is 12.9 Å². The van der Waals surface area contributed by atoms with E-state index in [2.05, 4.69) is 20.6 Å². The number of carbonyl (C=O) groups excluding carboxylic acids is 2. The van der Waals surface area contributed by atoms with Crippen LogP contribution in [0.3, 0.4) is 0 Å². The number of amides is 2. The molecule has 0 saturated heterocycles. The van der Waals surface area contributed by atoms with Crippen LogP contribution in [-0.4, -0.2) is 59.5 Å². The molecule has 0 bridgehead atoms. The van der Waals surface area contributed by atoms with Crippen LogP contribution in [-0.2, 0) is 20.7 Å². The average molecular weight is 690 g/mol. The molecule has 2 aromatic carbocycles. The summed E-state index contributed by atoms with van der Waals surface area (Å²) in [4.78, 5) is 34.4. The lowest BCUT2D eigenvalue weighted by atomic mass is 9.91. The van der Waals surface area contributed by atoms with Crippen molar-refractivity contribution in [2.45, 2.75) is 44.2 Å². The summed E-state index contributed by atoms with van der Waals surface area (Å²) in [6.07, 6.45) is 7.52. The number of ether oxygens (including phenoxy) is 1. The van der Waals surface area contributed by atoms with Crippen LogP contribution < -0.4 is 15.4 Å². The first-order valence-corrected chi connectivity index (χ1v) is 17.4. The monoisotopic (exact) mass is 689 g/mol. The summed E-state index contributed by atoms with van der Waals surface area (Å²) in [5.41, 5.74) is 3.21. The maximum Gasteiger partial charge on any atom is 0.271 e. The second kappa shape index (κ2) is 14.5. The van der Waals surface area contributed by atoms with Crippen LogP contribution in [0.5, 0.6) is 11.6 Å². The van der Waals surface area contributed by atoms with Gasteiger partial charge in [-0.2, -0.15) is 8.42 Å². The molecular weight excluding hydrogens is 656 g/mol. The third-order valence-electron chi connectivity index (χ3n) is 8.13. The minimum Gasteiger partial charge on any atom is -0.438 e. The Bertz CT molecular complexity index is 2100. The number of pyridine rings is 2. The van der Waals surface area contributed by atoms with Crippen LogP contribution in [0.25, 0.3) is 16.8 Å². The van der Waals surface area contributed by atoms with Crippen molar-refractivity contribution in [3.63, 3.8) is 0 Å². The molecule has 0 atom stereocenters. The summed E-state index contributed by atoms with van der Waals surface area (Å²) in [7, 11) is -3.50. The number of benzene rings is 2. The first-order chi connectivity index (χ1) is 23.5. The molecule has 5 aromatic rings. The minimum absolute atomic E-state index is 0.0504. The van der Waals surface area contributed by atoms with Gasteiger partial charge in [-0.05, 0) is 79.1 Å². The fourth-order valence-corrected chi connectivity index (χ4v) is 6.06. The normalized spacial score (nSPS) is 16.3. The molecule has 0 radical (unpaired) electrons. The summed E-state index contributed by atoms with van der Waals surface area (Å²) in [6.45, 7) is 0.0528. The average Bonchev–Trinajstić information content (AvgIpc) is 3.50. The number of carbonyl (C=O) groups is 2. The van der Waals surface area contributed by atoms with Gasteiger partial charge in [0, 0.05) is 24.5 Å². The van der Waals surface area contributed by atoms with Crippen LogP contribution in [0, 0.1) is 11.6 Å². The van der Waals surface area contributed by atoms with Crippen molar-refractivity contribution in [1.82, 2.24) is 25.0 Å². The number of imidazole rings is 1. The summed E-state index contributed by atoms with van der Waals surface area (Å²) < 4.78 is 62.4. The second-order valence-corrected chi connectivity index (χ2v) is 13.5. The van der Waals surface area contributed by atoms with Crippen LogP contribution in [0.1, 0.15) is 52.1 Å². The van der Waals surface area contributed by atoms with E-state index in [1.165, 1.54) is 28.9 Å². The van der Waals surface area contributed by atoms with E-state index in [1.54, 1.807) is 18.2 Å². The molecule has 0 aliphatic heterocycles. The molecule has 1 fully saturated rings. The van der Waals surface area contributed by atoms with Gasteiger partial charge in [-0.15, -0.1) is 0 Å². The van der Waals surface area contributed by atoms with Gasteiger partial charge >= 0.3 is 0 Å². The van der Waals surface area contributed by atoms with Crippen LogP contribution >= 0.6 is 0 Å². The van der Waals surface area contributed by atoms with Gasteiger partial charge in [0.25, 0.3) is 21.9 Å². The summed E-state index contributed by atoms with van der Waals surface area (Å²) >= 11 is 0. The number of nitrogens with zero attached hydrogens (tertiary/aromatic N) is 3. The number of halogens is 2. The largest absolute Gasteiger partial charge is 0.438 e. The molecule has 254 valence electrons. The lowest BCUT2D eigenvalue weighted by Gasteiger charge is -2.29. The molecule has 2 N–H and O–H groups in total. The Balaban J connectivity index is 1.05. The van der Waals surface area contributed by atoms with E-state index in [4.69, 9.17) is 8.92 Å². The van der Waals surface area contributed by atoms with E-state index in [0.717, 1.165) is 35.2 Å². The number of nitrogens with one attached hydrogen (secondary N) is 2. The zero-order valence-electron chi connectivity index (χ0n) is 26.4. The molecular formula is C35H33F2N5O6S. The van der Waals surface area contributed by atoms with E-state index < -0.39 is 27.7 Å². The number of hydrogen-bond donors (Lipinski definition) is 2. The maximum atomic E-state index is 14.3. The highest BCUT2D eigenvalue weighted by Crippen LogP contribution is 2.29. The first kappa shape index (κ1) is 33.7. The molecule has 49 heavy (non-hydrogen) atoms. The molecule has 1 saturated carbocycles. The van der Waals surface area contributed by atoms with Gasteiger partial charge in [-0.1, -0.05) is 36.4 Å². The smallest absolute Gasteiger partial charge is 0.271 e. The van der Waals surface area contributed by atoms with Gasteiger partial charge in [0.2, 0.25) is 5.88 Å². The maximum absolute atomic E-state index is 14.3. The highest BCUT2D eigenvalue weighted by atomic mass is 32.2. The molecule has 0 spiro atoms. The number of hydrogen-bond acceptors (Lipinski definition) is 8. The van der Waals surface area contributed by atoms with Crippen molar-refractivity contribution in [3.05, 3.63) is 114 Å². The molecule has 0 unspecified atom stereocenters. The molecule has 6 rings (SSSR count). The fraction of sp³-hybridized carbons (Fsp3) is 0.257. The molecule has 1 aliphatic rings. The van der Waals surface area contributed by atoms with Crippen LogP contribution in [0.2, 0.25) is 0 Å². The molecule has 1 aliphatic carbocycles. The molecule has 2 amide bonds. The van der Waals surface area contributed by atoms with Crippen LogP contribution in [0.15, 0.2) is 85.3 Å². The topological polar surface area (TPSA) is 141 Å². The zero-order chi connectivity index (χ0) is 34.5. The predicted molar refractivity (Wildman–Crippen MR) is 177 cm³/mol. The SMILES string of the molecule is CS(=O)(=O)OCCc1ccc(-c2cccc(Oc3ncc(F)cc3C(=O)N[C@H]3CC[C@H](NC(=O)c4cn5cc(F)ccc5n4)CC3)c2)cc1. The Labute approximate surface area is 281 Å². The number of fused-ring (bicyclic) bond motifs is 1. The summed E-state index contributed by atoms with van der Waals surface area (Å²) in [5.74, 6) is -1.67. The summed E-state index contributed by atoms with van der Waals surface area (Å²) in [5, 5.41) is 5.92. The lowest BCUT2D eigenvalue weighted by molar-refractivity contribution is 0.0888. The van der Waals surface area contributed by atoms with Gasteiger partial charge in [-0.3, -0.25) is 13.8 Å². The molecule has 3 heterocycles. The van der Waals surface area contributed by atoms with E-state index in [-0.39, 0.29) is 41.7 Å². The van der Waals surface area contributed by atoms with Gasteiger partial charge in [-0.25, -0.2) is 18.7 Å². The van der Waals surface area contributed by atoms with E-state index >= 15 is 0 Å². The highest BCUT2D eigenvalue weighted by Gasteiger charge is 2.26. The lowest BCUT2D eigenvalue weighted by Crippen LogP contribution is -2.44.